The second kappa shape index (κ2) is 13.9. The van der Waals surface area contributed by atoms with Crippen LogP contribution in [0.3, 0.4) is 0 Å². The Morgan fingerprint density at radius 3 is 1.50 bits per heavy atom. The summed E-state index contributed by atoms with van der Waals surface area (Å²) in [4.78, 5) is 29.0. The van der Waals surface area contributed by atoms with Gasteiger partial charge < -0.3 is 0 Å². The molecule has 5 aromatic carbocycles. The highest BCUT2D eigenvalue weighted by molar-refractivity contribution is 6.23. The van der Waals surface area contributed by atoms with E-state index in [4.69, 9.17) is 0 Å². The van der Waals surface area contributed by atoms with E-state index in [1.807, 2.05) is 78.9 Å². The lowest BCUT2D eigenvalue weighted by atomic mass is 9.79. The Morgan fingerprint density at radius 2 is 0.952 bits per heavy atom. The van der Waals surface area contributed by atoms with Crippen LogP contribution in [0.2, 0.25) is 0 Å². The molecule has 0 saturated carbocycles. The minimum absolute atomic E-state index is 0.0820. The fraction of sp³-hybridized carbons (Fsp3) is 0.200. The fourth-order valence-corrected chi connectivity index (χ4v) is 5.66. The molecule has 0 spiro atoms. The van der Waals surface area contributed by atoms with E-state index < -0.39 is 0 Å². The van der Waals surface area contributed by atoms with Crippen molar-refractivity contribution in [2.45, 2.75) is 52.4 Å². The summed E-state index contributed by atoms with van der Waals surface area (Å²) >= 11 is 0. The summed E-state index contributed by atoms with van der Waals surface area (Å²) in [5.74, 6) is -0.196. The van der Waals surface area contributed by atoms with E-state index in [2.05, 4.69) is 56.3 Å². The van der Waals surface area contributed by atoms with E-state index >= 15 is 0 Å². The van der Waals surface area contributed by atoms with Crippen LogP contribution in [0.25, 0.3) is 22.3 Å². The standard InChI is InChI=1S/C40H38O2/c1-3-5-16-34-28-36(31-26-24-30(25-27-31)29-17-10-7-11-18-29)38(40(42)33-21-14-9-15-22-33)37(35(34)23-6-4-2)39(41)32-19-12-8-13-20-32/h7-15,17-22,24-28H,3-6,16,23H2,1-2H3. The Hall–Kier alpha value is -4.56. The molecule has 0 fully saturated rings. The molecule has 0 amide bonds. The third-order valence-electron chi connectivity index (χ3n) is 7.94. The third-order valence-corrected chi connectivity index (χ3v) is 7.94. The lowest BCUT2D eigenvalue weighted by Crippen LogP contribution is -2.18. The molecule has 0 N–H and O–H groups in total. The molecule has 5 aromatic rings. The van der Waals surface area contributed by atoms with E-state index in [1.54, 1.807) is 0 Å². The summed E-state index contributed by atoms with van der Waals surface area (Å²) < 4.78 is 0. The minimum Gasteiger partial charge on any atom is -0.289 e. The van der Waals surface area contributed by atoms with Gasteiger partial charge in [-0.2, -0.15) is 0 Å². The number of hydrogen-bond acceptors (Lipinski definition) is 2. The van der Waals surface area contributed by atoms with Crippen molar-refractivity contribution in [2.24, 2.45) is 0 Å². The number of carbonyl (C=O) groups is 2. The minimum atomic E-state index is -0.114. The topological polar surface area (TPSA) is 34.1 Å². The highest BCUT2D eigenvalue weighted by Crippen LogP contribution is 2.37. The lowest BCUT2D eigenvalue weighted by molar-refractivity contribution is 0.100. The smallest absolute Gasteiger partial charge is 0.194 e. The van der Waals surface area contributed by atoms with Crippen molar-refractivity contribution in [3.8, 4) is 22.3 Å². The number of aryl methyl sites for hydroxylation is 1. The van der Waals surface area contributed by atoms with E-state index in [0.29, 0.717) is 22.3 Å². The van der Waals surface area contributed by atoms with Crippen molar-refractivity contribution in [3.05, 3.63) is 155 Å². The zero-order chi connectivity index (χ0) is 29.3. The monoisotopic (exact) mass is 550 g/mol. The van der Waals surface area contributed by atoms with Crippen LogP contribution in [-0.2, 0) is 12.8 Å². The molecule has 0 saturated heterocycles. The highest BCUT2D eigenvalue weighted by atomic mass is 16.1. The van der Waals surface area contributed by atoms with Gasteiger partial charge in [-0.25, -0.2) is 0 Å². The summed E-state index contributed by atoms with van der Waals surface area (Å²) in [7, 11) is 0. The number of unbranched alkanes of at least 4 members (excludes halogenated alkanes) is 2. The fourth-order valence-electron chi connectivity index (χ4n) is 5.66. The van der Waals surface area contributed by atoms with Crippen LogP contribution in [-0.4, -0.2) is 11.6 Å². The molecule has 2 nitrogen and oxygen atoms in total. The lowest BCUT2D eigenvalue weighted by Gasteiger charge is -2.22. The maximum Gasteiger partial charge on any atom is 0.194 e. The Morgan fingerprint density at radius 1 is 0.500 bits per heavy atom. The molecule has 0 heterocycles. The number of rotatable bonds is 12. The molecular formula is C40H38O2. The van der Waals surface area contributed by atoms with Crippen LogP contribution in [0.1, 0.15) is 82.5 Å². The third kappa shape index (κ3) is 6.34. The normalized spacial score (nSPS) is 10.9. The molecule has 0 aliphatic rings. The van der Waals surface area contributed by atoms with Crippen molar-refractivity contribution in [2.75, 3.05) is 0 Å². The quantitative estimate of drug-likeness (QED) is 0.145. The predicted molar refractivity (Wildman–Crippen MR) is 174 cm³/mol. The molecular weight excluding hydrogens is 512 g/mol. The molecule has 0 unspecified atom stereocenters. The molecule has 0 aliphatic heterocycles. The summed E-state index contributed by atoms with van der Waals surface area (Å²) in [5, 5.41) is 0. The van der Waals surface area contributed by atoms with Crippen molar-refractivity contribution in [1.82, 2.24) is 0 Å². The maximum atomic E-state index is 14.5. The van der Waals surface area contributed by atoms with Gasteiger partial charge in [-0.05, 0) is 59.1 Å². The predicted octanol–water partition coefficient (Wildman–Crippen LogP) is 10.2. The first kappa shape index (κ1) is 29.0. The van der Waals surface area contributed by atoms with E-state index in [9.17, 15) is 9.59 Å². The number of carbonyl (C=O) groups excluding carboxylic acids is 2. The second-order valence-corrected chi connectivity index (χ2v) is 10.9. The van der Waals surface area contributed by atoms with Gasteiger partial charge >= 0.3 is 0 Å². The molecule has 2 heteroatoms. The molecule has 210 valence electrons. The van der Waals surface area contributed by atoms with Crippen LogP contribution in [0.4, 0.5) is 0 Å². The van der Waals surface area contributed by atoms with Gasteiger partial charge in [0.25, 0.3) is 0 Å². The van der Waals surface area contributed by atoms with Crippen LogP contribution < -0.4 is 0 Å². The van der Waals surface area contributed by atoms with Gasteiger partial charge in [-0.1, -0.05) is 148 Å². The average molecular weight is 551 g/mol. The molecule has 0 atom stereocenters. The zero-order valence-corrected chi connectivity index (χ0v) is 24.6. The van der Waals surface area contributed by atoms with Gasteiger partial charge in [0.2, 0.25) is 0 Å². The maximum absolute atomic E-state index is 14.5. The molecule has 0 bridgehead atoms. The molecule has 5 rings (SSSR count). The first-order chi connectivity index (χ1) is 20.6. The molecule has 0 aromatic heterocycles. The van der Waals surface area contributed by atoms with Gasteiger partial charge in [-0.3, -0.25) is 9.59 Å². The average Bonchev–Trinajstić information content (AvgIpc) is 3.06. The van der Waals surface area contributed by atoms with Crippen molar-refractivity contribution in [3.63, 3.8) is 0 Å². The SMILES string of the molecule is CCCCc1cc(-c2ccc(-c3ccccc3)cc2)c(C(=O)c2ccccc2)c(C(=O)c2ccccc2)c1CCCC. The molecule has 42 heavy (non-hydrogen) atoms. The summed E-state index contributed by atoms with van der Waals surface area (Å²) in [6, 6.07) is 39.7. The Labute approximate surface area is 250 Å². The Bertz CT molecular complexity index is 1630. The van der Waals surface area contributed by atoms with Crippen molar-refractivity contribution < 1.29 is 9.59 Å². The van der Waals surface area contributed by atoms with Gasteiger partial charge in [0.1, 0.15) is 0 Å². The number of hydrogen-bond donors (Lipinski definition) is 0. The first-order valence-electron chi connectivity index (χ1n) is 15.2. The van der Waals surface area contributed by atoms with Gasteiger partial charge in [0.05, 0.1) is 0 Å². The van der Waals surface area contributed by atoms with Crippen LogP contribution in [0.5, 0.6) is 0 Å². The zero-order valence-electron chi connectivity index (χ0n) is 24.6. The second-order valence-electron chi connectivity index (χ2n) is 10.9. The highest BCUT2D eigenvalue weighted by Gasteiger charge is 2.28. The summed E-state index contributed by atoms with van der Waals surface area (Å²) in [6.45, 7) is 4.36. The Kier molecular flexibility index (Phi) is 9.56. The molecule has 0 radical (unpaired) electrons. The van der Waals surface area contributed by atoms with E-state index in [-0.39, 0.29) is 11.6 Å². The van der Waals surface area contributed by atoms with Crippen molar-refractivity contribution >= 4 is 11.6 Å². The van der Waals surface area contributed by atoms with E-state index in [1.165, 1.54) is 5.56 Å². The summed E-state index contributed by atoms with van der Waals surface area (Å²) in [6.07, 6.45) is 5.69. The van der Waals surface area contributed by atoms with Gasteiger partial charge in [0, 0.05) is 22.3 Å². The first-order valence-corrected chi connectivity index (χ1v) is 15.2. The largest absolute Gasteiger partial charge is 0.289 e. The number of benzene rings is 5. The summed E-state index contributed by atoms with van der Waals surface area (Å²) in [5.41, 5.74) is 8.50. The Balaban J connectivity index is 1.80. The molecule has 0 aliphatic carbocycles. The van der Waals surface area contributed by atoms with Crippen LogP contribution in [0.15, 0.2) is 121 Å². The van der Waals surface area contributed by atoms with E-state index in [0.717, 1.165) is 66.3 Å². The van der Waals surface area contributed by atoms with Gasteiger partial charge in [-0.15, -0.1) is 0 Å². The number of ketones is 2. The van der Waals surface area contributed by atoms with Crippen molar-refractivity contribution in [1.29, 1.82) is 0 Å². The van der Waals surface area contributed by atoms with Crippen LogP contribution in [0, 0.1) is 0 Å². The van der Waals surface area contributed by atoms with Gasteiger partial charge in [0.15, 0.2) is 11.6 Å². The van der Waals surface area contributed by atoms with Crippen LogP contribution >= 0.6 is 0 Å².